The quantitative estimate of drug-likeness (QED) is 0.903. The Kier molecular flexibility index (Phi) is 5.47. The van der Waals surface area contributed by atoms with Crippen molar-refractivity contribution in [3.8, 4) is 5.75 Å². The molecule has 1 aliphatic heterocycles. The van der Waals surface area contributed by atoms with Gasteiger partial charge in [0.1, 0.15) is 11.6 Å². The van der Waals surface area contributed by atoms with Crippen molar-refractivity contribution in [1.29, 1.82) is 0 Å². The first-order valence-corrected chi connectivity index (χ1v) is 9.35. The Labute approximate surface area is 153 Å². The van der Waals surface area contributed by atoms with Gasteiger partial charge in [-0.2, -0.15) is 0 Å². The minimum absolute atomic E-state index is 0.0518. The lowest BCUT2D eigenvalue weighted by atomic mass is 9.91. The minimum atomic E-state index is -0.574. The minimum Gasteiger partial charge on any atom is -0.507 e. The van der Waals surface area contributed by atoms with Gasteiger partial charge < -0.3 is 9.67 Å². The van der Waals surface area contributed by atoms with Crippen molar-refractivity contribution in [3.05, 3.63) is 63.3 Å². The molecule has 3 rings (SSSR count). The van der Waals surface area contributed by atoms with Crippen LogP contribution in [-0.2, 0) is 6.54 Å². The number of aromatic hydroxyl groups is 1. The van der Waals surface area contributed by atoms with Gasteiger partial charge in [0.2, 0.25) is 0 Å². The average Bonchev–Trinajstić information content (AvgIpc) is 2.61. The monoisotopic (exact) mass is 358 g/mol. The maximum absolute atomic E-state index is 14.7. The molecule has 1 fully saturated rings. The third-order valence-corrected chi connectivity index (χ3v) is 5.50. The van der Waals surface area contributed by atoms with Crippen molar-refractivity contribution < 1.29 is 9.50 Å². The molecule has 140 valence electrons. The maximum atomic E-state index is 14.7. The molecule has 26 heavy (non-hydrogen) atoms. The normalized spacial score (nSPS) is 17.4. The van der Waals surface area contributed by atoms with Gasteiger partial charge in [-0.25, -0.2) is 4.39 Å². The predicted octanol–water partition coefficient (Wildman–Crippen LogP) is 3.84. The largest absolute Gasteiger partial charge is 0.507 e. The van der Waals surface area contributed by atoms with Crippen molar-refractivity contribution >= 4 is 0 Å². The molecule has 2 heterocycles. The SMILES string of the molecule is CCn1c(C)cc(O)c([C@@H](c2ccccc2F)N2CCC(C)CC2)c1=O. The number of hydrogen-bond acceptors (Lipinski definition) is 3. The van der Waals surface area contributed by atoms with Gasteiger partial charge in [0.05, 0.1) is 11.6 Å². The Balaban J connectivity index is 2.19. The van der Waals surface area contributed by atoms with Crippen LogP contribution in [0.5, 0.6) is 5.75 Å². The van der Waals surface area contributed by atoms with E-state index in [4.69, 9.17) is 0 Å². The molecule has 1 aromatic carbocycles. The first-order chi connectivity index (χ1) is 12.4. The average molecular weight is 358 g/mol. The van der Waals surface area contributed by atoms with Crippen LogP contribution >= 0.6 is 0 Å². The third-order valence-electron chi connectivity index (χ3n) is 5.50. The van der Waals surface area contributed by atoms with Gasteiger partial charge in [-0.1, -0.05) is 25.1 Å². The summed E-state index contributed by atoms with van der Waals surface area (Å²) in [5, 5.41) is 10.6. The number of likely N-dealkylation sites (tertiary alicyclic amines) is 1. The Morgan fingerprint density at radius 3 is 2.54 bits per heavy atom. The van der Waals surface area contributed by atoms with Gasteiger partial charge in [-0.15, -0.1) is 0 Å². The molecule has 0 saturated carbocycles. The highest BCUT2D eigenvalue weighted by atomic mass is 19.1. The Morgan fingerprint density at radius 2 is 1.92 bits per heavy atom. The molecule has 0 radical (unpaired) electrons. The summed E-state index contributed by atoms with van der Waals surface area (Å²) in [5.74, 6) is 0.217. The lowest BCUT2D eigenvalue weighted by Crippen LogP contribution is -2.40. The molecule has 1 aliphatic rings. The van der Waals surface area contributed by atoms with E-state index < -0.39 is 6.04 Å². The fraction of sp³-hybridized carbons (Fsp3) is 0.476. The molecule has 1 aromatic heterocycles. The summed E-state index contributed by atoms with van der Waals surface area (Å²) in [7, 11) is 0. The van der Waals surface area contributed by atoms with E-state index in [0.717, 1.165) is 25.9 Å². The van der Waals surface area contributed by atoms with Crippen molar-refractivity contribution in [2.24, 2.45) is 5.92 Å². The lowest BCUT2D eigenvalue weighted by Gasteiger charge is -2.37. The van der Waals surface area contributed by atoms with Gasteiger partial charge in [-0.3, -0.25) is 9.69 Å². The summed E-state index contributed by atoms with van der Waals surface area (Å²) in [6.07, 6.45) is 2.00. The van der Waals surface area contributed by atoms with Crippen molar-refractivity contribution in [3.63, 3.8) is 0 Å². The fourth-order valence-electron chi connectivity index (χ4n) is 3.94. The van der Waals surface area contributed by atoms with Crippen LogP contribution in [0.4, 0.5) is 4.39 Å². The number of aryl methyl sites for hydroxylation is 1. The second kappa shape index (κ2) is 7.62. The Morgan fingerprint density at radius 1 is 1.27 bits per heavy atom. The molecule has 0 aliphatic carbocycles. The van der Waals surface area contributed by atoms with E-state index in [9.17, 15) is 14.3 Å². The molecule has 1 atom stereocenters. The standard InChI is InChI=1S/C21H27FN2O2/c1-4-24-15(3)13-18(25)19(21(24)26)20(16-7-5-6-8-17(16)22)23-11-9-14(2)10-12-23/h5-8,13-14,20,25H,4,9-12H2,1-3H3/t20-/m1/s1. The van der Waals surface area contributed by atoms with E-state index in [-0.39, 0.29) is 22.7 Å². The van der Waals surface area contributed by atoms with Crippen LogP contribution in [0.3, 0.4) is 0 Å². The van der Waals surface area contributed by atoms with E-state index in [0.29, 0.717) is 23.7 Å². The highest BCUT2D eigenvalue weighted by molar-refractivity contribution is 5.41. The van der Waals surface area contributed by atoms with Crippen molar-refractivity contribution in [2.45, 2.75) is 46.2 Å². The van der Waals surface area contributed by atoms with Gasteiger partial charge >= 0.3 is 0 Å². The predicted molar refractivity (Wildman–Crippen MR) is 101 cm³/mol. The molecule has 0 unspecified atom stereocenters. The fourth-order valence-corrected chi connectivity index (χ4v) is 3.94. The summed E-state index contributed by atoms with van der Waals surface area (Å²) >= 11 is 0. The number of rotatable bonds is 4. The molecular weight excluding hydrogens is 331 g/mol. The summed E-state index contributed by atoms with van der Waals surface area (Å²) in [5.41, 5.74) is 1.19. The Bertz CT molecular complexity index is 838. The molecule has 4 nitrogen and oxygen atoms in total. The molecule has 5 heteroatoms. The van der Waals surface area contributed by atoms with Crippen LogP contribution in [0.15, 0.2) is 35.1 Å². The number of pyridine rings is 1. The molecule has 0 amide bonds. The van der Waals surface area contributed by atoms with Crippen LogP contribution < -0.4 is 5.56 Å². The van der Waals surface area contributed by atoms with E-state index in [1.807, 2.05) is 6.92 Å². The molecular formula is C21H27FN2O2. The first kappa shape index (κ1) is 18.6. The zero-order valence-electron chi connectivity index (χ0n) is 15.7. The highest BCUT2D eigenvalue weighted by Gasteiger charge is 2.32. The van der Waals surface area contributed by atoms with Crippen LogP contribution in [0.2, 0.25) is 0 Å². The third kappa shape index (κ3) is 3.40. The van der Waals surface area contributed by atoms with Gasteiger partial charge in [-0.05, 0) is 57.8 Å². The van der Waals surface area contributed by atoms with Gasteiger partial charge in [0.25, 0.3) is 5.56 Å². The van der Waals surface area contributed by atoms with Gasteiger partial charge in [0, 0.05) is 17.8 Å². The van der Waals surface area contributed by atoms with Crippen LogP contribution in [0.1, 0.15) is 49.6 Å². The topological polar surface area (TPSA) is 45.5 Å². The second-order valence-corrected chi connectivity index (χ2v) is 7.28. The maximum Gasteiger partial charge on any atom is 0.259 e. The first-order valence-electron chi connectivity index (χ1n) is 9.35. The van der Waals surface area contributed by atoms with Crippen LogP contribution in [-0.4, -0.2) is 27.7 Å². The molecule has 0 spiro atoms. The summed E-state index contributed by atoms with van der Waals surface area (Å²) < 4.78 is 16.3. The van der Waals surface area contributed by atoms with E-state index in [2.05, 4.69) is 11.8 Å². The zero-order chi connectivity index (χ0) is 18.8. The number of benzene rings is 1. The number of piperidine rings is 1. The van der Waals surface area contributed by atoms with E-state index >= 15 is 0 Å². The zero-order valence-corrected chi connectivity index (χ0v) is 15.7. The molecule has 1 saturated heterocycles. The van der Waals surface area contributed by atoms with E-state index in [1.54, 1.807) is 35.8 Å². The lowest BCUT2D eigenvalue weighted by molar-refractivity contribution is 0.152. The van der Waals surface area contributed by atoms with Crippen molar-refractivity contribution in [2.75, 3.05) is 13.1 Å². The molecule has 0 bridgehead atoms. The smallest absolute Gasteiger partial charge is 0.259 e. The summed E-state index contributed by atoms with van der Waals surface area (Å²) in [6.45, 7) is 7.98. The van der Waals surface area contributed by atoms with Crippen molar-refractivity contribution in [1.82, 2.24) is 9.47 Å². The van der Waals surface area contributed by atoms with Gasteiger partial charge in [0.15, 0.2) is 0 Å². The summed E-state index contributed by atoms with van der Waals surface area (Å²) in [6, 6.07) is 7.59. The molecule has 2 aromatic rings. The number of halogens is 1. The molecule has 1 N–H and O–H groups in total. The van der Waals surface area contributed by atoms with E-state index in [1.165, 1.54) is 6.07 Å². The number of aromatic nitrogens is 1. The second-order valence-electron chi connectivity index (χ2n) is 7.28. The number of nitrogens with zero attached hydrogens (tertiary/aromatic N) is 2. The van der Waals surface area contributed by atoms with Crippen LogP contribution in [0, 0.1) is 18.7 Å². The summed E-state index contributed by atoms with van der Waals surface area (Å²) in [4.78, 5) is 15.3. The highest BCUT2D eigenvalue weighted by Crippen LogP contribution is 2.36. The van der Waals surface area contributed by atoms with Crippen LogP contribution in [0.25, 0.3) is 0 Å². The number of hydrogen-bond donors (Lipinski definition) is 1. The Hall–Kier alpha value is -2.14.